The van der Waals surface area contributed by atoms with Crippen LogP contribution in [0.3, 0.4) is 0 Å². The van der Waals surface area contributed by atoms with Crippen molar-refractivity contribution in [3.63, 3.8) is 0 Å². The molecule has 0 aromatic heterocycles. The van der Waals surface area contributed by atoms with E-state index in [1.165, 1.54) is 0 Å². The highest BCUT2D eigenvalue weighted by Crippen LogP contribution is 2.25. The molecule has 0 saturated heterocycles. The zero-order chi connectivity index (χ0) is 13.9. The van der Waals surface area contributed by atoms with Gasteiger partial charge in [-0.05, 0) is 36.4 Å². The second kappa shape index (κ2) is 5.32. The molecule has 0 radical (unpaired) electrons. The van der Waals surface area contributed by atoms with Crippen molar-refractivity contribution >= 4 is 21.5 Å². The van der Waals surface area contributed by atoms with Gasteiger partial charge in [-0.1, -0.05) is 18.2 Å². The molecule has 5 heteroatoms. The largest absolute Gasteiger partial charge is 0.383 e. The quantitative estimate of drug-likeness (QED) is 0.806. The molecular formula is C14H15NO3S. The number of hydrogen-bond donors (Lipinski definition) is 0. The zero-order valence-corrected chi connectivity index (χ0v) is 11.6. The van der Waals surface area contributed by atoms with Crippen LogP contribution >= 0.6 is 0 Å². The van der Waals surface area contributed by atoms with Crippen LogP contribution in [0.1, 0.15) is 0 Å². The van der Waals surface area contributed by atoms with Crippen molar-refractivity contribution < 1.29 is 12.6 Å². The van der Waals surface area contributed by atoms with E-state index in [1.807, 2.05) is 54.4 Å². The van der Waals surface area contributed by atoms with E-state index < -0.39 is 10.1 Å². The summed E-state index contributed by atoms with van der Waals surface area (Å²) in [5.41, 5.74) is 2.01. The van der Waals surface area contributed by atoms with E-state index in [-0.39, 0.29) is 0 Å². The number of hydrogen-bond acceptors (Lipinski definition) is 4. The third-order valence-electron chi connectivity index (χ3n) is 2.62. The van der Waals surface area contributed by atoms with Crippen molar-refractivity contribution in [3.8, 4) is 5.75 Å². The van der Waals surface area contributed by atoms with Crippen LogP contribution in [-0.2, 0) is 10.1 Å². The first kappa shape index (κ1) is 13.4. The van der Waals surface area contributed by atoms with Gasteiger partial charge in [0.05, 0.1) is 6.26 Å². The van der Waals surface area contributed by atoms with E-state index >= 15 is 0 Å². The topological polar surface area (TPSA) is 46.6 Å². The fourth-order valence-corrected chi connectivity index (χ4v) is 2.16. The Morgan fingerprint density at radius 2 is 1.42 bits per heavy atom. The molecule has 0 aliphatic carbocycles. The van der Waals surface area contributed by atoms with Crippen LogP contribution in [0.25, 0.3) is 0 Å². The van der Waals surface area contributed by atoms with Gasteiger partial charge in [0.25, 0.3) is 0 Å². The fourth-order valence-electron chi connectivity index (χ4n) is 1.70. The lowest BCUT2D eigenvalue weighted by Crippen LogP contribution is -2.09. The molecule has 2 rings (SSSR count). The van der Waals surface area contributed by atoms with Gasteiger partial charge in [-0.3, -0.25) is 0 Å². The van der Waals surface area contributed by atoms with Crippen LogP contribution < -0.4 is 9.08 Å². The second-order valence-corrected chi connectivity index (χ2v) is 5.75. The van der Waals surface area contributed by atoms with Gasteiger partial charge in [0.2, 0.25) is 0 Å². The second-order valence-electron chi connectivity index (χ2n) is 4.18. The van der Waals surface area contributed by atoms with Crippen molar-refractivity contribution in [1.29, 1.82) is 0 Å². The maximum atomic E-state index is 11.0. The first-order valence-corrected chi connectivity index (χ1v) is 7.56. The smallest absolute Gasteiger partial charge is 0.306 e. The van der Waals surface area contributed by atoms with Gasteiger partial charge in [-0.15, -0.1) is 0 Å². The Hall–Kier alpha value is -2.01. The molecule has 0 atom stereocenters. The number of anilines is 2. The summed E-state index contributed by atoms with van der Waals surface area (Å²) in [6, 6.07) is 16.8. The monoisotopic (exact) mass is 277 g/mol. The SMILES string of the molecule is CN(c1ccccc1)c1ccc(OS(C)(=O)=O)cc1. The van der Waals surface area contributed by atoms with Gasteiger partial charge in [-0.25, -0.2) is 0 Å². The summed E-state index contributed by atoms with van der Waals surface area (Å²) in [6.07, 6.45) is 1.02. The van der Waals surface area contributed by atoms with Crippen molar-refractivity contribution in [3.05, 3.63) is 54.6 Å². The Labute approximate surface area is 113 Å². The van der Waals surface area contributed by atoms with Crippen molar-refractivity contribution in [2.75, 3.05) is 18.2 Å². The Morgan fingerprint density at radius 3 is 1.95 bits per heavy atom. The molecule has 2 aromatic carbocycles. The van der Waals surface area contributed by atoms with Gasteiger partial charge in [0.15, 0.2) is 0 Å². The molecule has 0 aliphatic heterocycles. The predicted molar refractivity (Wildman–Crippen MR) is 76.4 cm³/mol. The molecule has 0 unspecified atom stereocenters. The summed E-state index contributed by atoms with van der Waals surface area (Å²) in [6.45, 7) is 0. The Bertz CT molecular complexity index is 636. The van der Waals surface area contributed by atoms with Gasteiger partial charge in [0, 0.05) is 18.4 Å². The highest BCUT2D eigenvalue weighted by Gasteiger charge is 2.06. The van der Waals surface area contributed by atoms with Crippen LogP contribution in [0.2, 0.25) is 0 Å². The summed E-state index contributed by atoms with van der Waals surface area (Å²) in [5, 5.41) is 0. The third kappa shape index (κ3) is 3.72. The normalized spacial score (nSPS) is 11.1. The first-order chi connectivity index (χ1) is 8.96. The van der Waals surface area contributed by atoms with E-state index in [0.29, 0.717) is 5.75 Å². The summed E-state index contributed by atoms with van der Waals surface area (Å²) in [5.74, 6) is 0.313. The highest BCUT2D eigenvalue weighted by molar-refractivity contribution is 7.86. The molecule has 19 heavy (non-hydrogen) atoms. The lowest BCUT2D eigenvalue weighted by molar-refractivity contribution is 0.493. The number of benzene rings is 2. The van der Waals surface area contributed by atoms with Crippen molar-refractivity contribution in [2.45, 2.75) is 0 Å². The summed E-state index contributed by atoms with van der Waals surface area (Å²) in [7, 11) is -1.53. The minimum atomic E-state index is -3.48. The summed E-state index contributed by atoms with van der Waals surface area (Å²) < 4.78 is 26.8. The standard InChI is InChI=1S/C14H15NO3S/c1-15(12-6-4-3-5-7-12)13-8-10-14(11-9-13)18-19(2,16)17/h3-11H,1-2H3. The molecule has 0 N–H and O–H groups in total. The van der Waals surface area contributed by atoms with Gasteiger partial charge < -0.3 is 9.08 Å². The maximum absolute atomic E-state index is 11.0. The van der Waals surface area contributed by atoms with Crippen LogP contribution in [-0.4, -0.2) is 21.7 Å². The molecule has 4 nitrogen and oxygen atoms in total. The Morgan fingerprint density at radius 1 is 0.895 bits per heavy atom. The Balaban J connectivity index is 2.19. The van der Waals surface area contributed by atoms with E-state index in [2.05, 4.69) is 0 Å². The first-order valence-electron chi connectivity index (χ1n) is 5.74. The van der Waals surface area contributed by atoms with Crippen molar-refractivity contribution in [1.82, 2.24) is 0 Å². The average Bonchev–Trinajstić information content (AvgIpc) is 2.38. The van der Waals surface area contributed by atoms with Gasteiger partial charge in [0.1, 0.15) is 5.75 Å². The molecular weight excluding hydrogens is 262 g/mol. The number of rotatable bonds is 4. The average molecular weight is 277 g/mol. The molecule has 0 heterocycles. The summed E-state index contributed by atoms with van der Waals surface area (Å²) >= 11 is 0. The highest BCUT2D eigenvalue weighted by atomic mass is 32.2. The number of nitrogens with zero attached hydrogens (tertiary/aromatic N) is 1. The van der Waals surface area contributed by atoms with E-state index in [1.54, 1.807) is 12.1 Å². The molecule has 0 bridgehead atoms. The lowest BCUT2D eigenvalue weighted by atomic mass is 10.2. The van der Waals surface area contributed by atoms with Gasteiger partial charge in [-0.2, -0.15) is 8.42 Å². The van der Waals surface area contributed by atoms with E-state index in [4.69, 9.17) is 4.18 Å². The minimum absolute atomic E-state index is 0.313. The van der Waals surface area contributed by atoms with Crippen LogP contribution in [0.5, 0.6) is 5.75 Å². The molecule has 100 valence electrons. The minimum Gasteiger partial charge on any atom is -0.383 e. The molecule has 0 fully saturated rings. The van der Waals surface area contributed by atoms with Crippen LogP contribution in [0.15, 0.2) is 54.6 Å². The third-order valence-corrected chi connectivity index (χ3v) is 3.11. The van der Waals surface area contributed by atoms with E-state index in [0.717, 1.165) is 17.6 Å². The van der Waals surface area contributed by atoms with Crippen LogP contribution in [0.4, 0.5) is 11.4 Å². The van der Waals surface area contributed by atoms with Gasteiger partial charge >= 0.3 is 10.1 Å². The predicted octanol–water partition coefficient (Wildman–Crippen LogP) is 2.79. The summed E-state index contributed by atoms with van der Waals surface area (Å²) in [4.78, 5) is 2.00. The molecule has 2 aromatic rings. The molecule has 0 amide bonds. The zero-order valence-electron chi connectivity index (χ0n) is 10.8. The fraction of sp³-hybridized carbons (Fsp3) is 0.143. The molecule has 0 aliphatic rings. The molecule has 0 spiro atoms. The number of para-hydroxylation sites is 1. The molecule has 0 saturated carbocycles. The van der Waals surface area contributed by atoms with E-state index in [9.17, 15) is 8.42 Å². The van der Waals surface area contributed by atoms with Crippen LogP contribution in [0, 0.1) is 0 Å². The Kier molecular flexibility index (Phi) is 3.76. The van der Waals surface area contributed by atoms with Crippen molar-refractivity contribution in [2.24, 2.45) is 0 Å². The lowest BCUT2D eigenvalue weighted by Gasteiger charge is -2.19. The maximum Gasteiger partial charge on any atom is 0.306 e.